The molecule has 0 aromatic carbocycles. The molecule has 0 saturated heterocycles. The standard InChI is InChI=1S/C28H33FN6O5S/c1-15(2)35-22(11-12-30-35)27(36)33-25(24(17-5-6-17)18-7-8-18)28(37)32-23-10-9-20(26(29)31-23)21-13-19(41(4,39)40)14-34(38)16(21)3/h9-15,17-18,24-25H,5-8H2,1-4H3,(H,33,36)(H,31,32,37)/t25-/m0/s1. The number of carbonyl (C=O) groups excluding carboxylic acids is 2. The quantitative estimate of drug-likeness (QED) is 0.211. The second kappa shape index (κ2) is 10.8. The van der Waals surface area contributed by atoms with Crippen LogP contribution in [0.4, 0.5) is 10.2 Å². The van der Waals surface area contributed by atoms with E-state index in [0.717, 1.165) is 38.1 Å². The van der Waals surface area contributed by atoms with Crippen molar-refractivity contribution in [2.75, 3.05) is 11.6 Å². The predicted octanol–water partition coefficient (Wildman–Crippen LogP) is 3.18. The fourth-order valence-corrected chi connectivity index (χ4v) is 5.97. The Morgan fingerprint density at radius 1 is 1.12 bits per heavy atom. The van der Waals surface area contributed by atoms with Crippen LogP contribution >= 0.6 is 0 Å². The van der Waals surface area contributed by atoms with Gasteiger partial charge in [-0.05, 0) is 81.5 Å². The summed E-state index contributed by atoms with van der Waals surface area (Å²) >= 11 is 0. The number of halogens is 1. The molecule has 13 heteroatoms. The van der Waals surface area contributed by atoms with Crippen molar-refractivity contribution in [3.8, 4) is 11.1 Å². The summed E-state index contributed by atoms with van der Waals surface area (Å²) in [7, 11) is -3.73. The molecule has 0 bridgehead atoms. The fourth-order valence-electron chi connectivity index (χ4n) is 5.35. The van der Waals surface area contributed by atoms with Gasteiger partial charge in [-0.15, -0.1) is 0 Å². The second-order valence-corrected chi connectivity index (χ2v) is 13.3. The van der Waals surface area contributed by atoms with Crippen molar-refractivity contribution in [3.05, 3.63) is 59.2 Å². The first-order valence-corrected chi connectivity index (χ1v) is 15.5. The molecule has 0 unspecified atom stereocenters. The maximum atomic E-state index is 15.3. The van der Waals surface area contributed by atoms with Crippen molar-refractivity contribution in [2.45, 2.75) is 63.4 Å². The van der Waals surface area contributed by atoms with Crippen molar-refractivity contribution in [1.82, 2.24) is 20.1 Å². The van der Waals surface area contributed by atoms with Gasteiger partial charge in [0, 0.05) is 31.0 Å². The lowest BCUT2D eigenvalue weighted by molar-refractivity contribution is -0.613. The normalized spacial score (nSPS) is 16.2. The summed E-state index contributed by atoms with van der Waals surface area (Å²) in [5.41, 5.74) is 0.422. The summed E-state index contributed by atoms with van der Waals surface area (Å²) in [6.07, 6.45) is 7.36. The molecule has 0 aliphatic heterocycles. The zero-order valence-corrected chi connectivity index (χ0v) is 24.1. The molecule has 2 aliphatic carbocycles. The van der Waals surface area contributed by atoms with Crippen LogP contribution in [0.1, 0.15) is 61.8 Å². The Hall–Kier alpha value is -3.87. The van der Waals surface area contributed by atoms with Crippen LogP contribution in [0.25, 0.3) is 11.1 Å². The number of carbonyl (C=O) groups is 2. The van der Waals surface area contributed by atoms with E-state index in [-0.39, 0.29) is 39.5 Å². The highest BCUT2D eigenvalue weighted by atomic mass is 32.2. The van der Waals surface area contributed by atoms with Gasteiger partial charge in [-0.3, -0.25) is 14.3 Å². The van der Waals surface area contributed by atoms with Gasteiger partial charge in [0.2, 0.25) is 11.9 Å². The van der Waals surface area contributed by atoms with E-state index in [0.29, 0.717) is 22.3 Å². The van der Waals surface area contributed by atoms with E-state index in [1.165, 1.54) is 25.1 Å². The van der Waals surface area contributed by atoms with Crippen molar-refractivity contribution < 1.29 is 27.1 Å². The monoisotopic (exact) mass is 584 g/mol. The second-order valence-electron chi connectivity index (χ2n) is 11.3. The molecule has 2 aliphatic rings. The number of anilines is 1. The zero-order valence-electron chi connectivity index (χ0n) is 23.3. The van der Waals surface area contributed by atoms with Crippen molar-refractivity contribution >= 4 is 27.5 Å². The van der Waals surface area contributed by atoms with E-state index in [1.54, 1.807) is 16.9 Å². The topological polar surface area (TPSA) is 150 Å². The summed E-state index contributed by atoms with van der Waals surface area (Å²) in [6, 6.07) is 4.64. The summed E-state index contributed by atoms with van der Waals surface area (Å²) in [6.45, 7) is 5.26. The Bertz CT molecular complexity index is 1600. The first-order chi connectivity index (χ1) is 19.3. The van der Waals surface area contributed by atoms with Crippen LogP contribution in [-0.4, -0.2) is 47.3 Å². The average Bonchev–Trinajstić information content (AvgIpc) is 3.84. The van der Waals surface area contributed by atoms with Gasteiger partial charge in [-0.1, -0.05) is 0 Å². The van der Waals surface area contributed by atoms with Crippen LogP contribution in [0.3, 0.4) is 0 Å². The van der Waals surface area contributed by atoms with Crippen LogP contribution in [0.2, 0.25) is 0 Å². The van der Waals surface area contributed by atoms with Gasteiger partial charge in [0.25, 0.3) is 5.91 Å². The minimum Gasteiger partial charge on any atom is -0.618 e. The van der Waals surface area contributed by atoms with Crippen LogP contribution in [0, 0.1) is 35.8 Å². The van der Waals surface area contributed by atoms with Gasteiger partial charge in [-0.25, -0.2) is 13.4 Å². The molecule has 3 aromatic heterocycles. The van der Waals surface area contributed by atoms with E-state index in [4.69, 9.17) is 0 Å². The largest absolute Gasteiger partial charge is 0.618 e. The number of hydrogen-bond acceptors (Lipinski definition) is 7. The number of hydrogen-bond donors (Lipinski definition) is 2. The van der Waals surface area contributed by atoms with Gasteiger partial charge >= 0.3 is 0 Å². The van der Waals surface area contributed by atoms with Crippen molar-refractivity contribution in [1.29, 1.82) is 0 Å². The molecule has 11 nitrogen and oxygen atoms in total. The van der Waals surface area contributed by atoms with Crippen molar-refractivity contribution in [2.24, 2.45) is 17.8 Å². The van der Waals surface area contributed by atoms with Crippen LogP contribution in [0.15, 0.2) is 41.6 Å². The van der Waals surface area contributed by atoms with Crippen LogP contribution < -0.4 is 15.4 Å². The third-order valence-electron chi connectivity index (χ3n) is 7.75. The van der Waals surface area contributed by atoms with Crippen LogP contribution in [0.5, 0.6) is 0 Å². The van der Waals surface area contributed by atoms with Gasteiger partial charge in [0.15, 0.2) is 21.7 Å². The fraction of sp³-hybridized carbons (Fsp3) is 0.464. The minimum absolute atomic E-state index is 0.0487. The smallest absolute Gasteiger partial charge is 0.270 e. The van der Waals surface area contributed by atoms with E-state index < -0.39 is 33.6 Å². The Labute approximate surface area is 237 Å². The Balaban J connectivity index is 1.42. The van der Waals surface area contributed by atoms with Gasteiger partial charge in [0.05, 0.1) is 5.56 Å². The number of aromatic nitrogens is 4. The molecule has 2 amide bonds. The maximum absolute atomic E-state index is 15.3. The maximum Gasteiger partial charge on any atom is 0.270 e. The van der Waals surface area contributed by atoms with E-state index in [1.807, 2.05) is 13.8 Å². The van der Waals surface area contributed by atoms with E-state index >= 15 is 4.39 Å². The summed E-state index contributed by atoms with van der Waals surface area (Å²) in [4.78, 5) is 30.6. The highest BCUT2D eigenvalue weighted by Gasteiger charge is 2.48. The average molecular weight is 585 g/mol. The lowest BCUT2D eigenvalue weighted by Gasteiger charge is -2.27. The molecule has 218 valence electrons. The lowest BCUT2D eigenvalue weighted by atomic mass is 9.88. The highest BCUT2D eigenvalue weighted by Crippen LogP contribution is 2.51. The Kier molecular flexibility index (Phi) is 7.58. The zero-order chi connectivity index (χ0) is 29.6. The number of nitrogens with zero attached hydrogens (tertiary/aromatic N) is 4. The summed E-state index contributed by atoms with van der Waals surface area (Å²) in [5.74, 6) is -1.37. The van der Waals surface area contributed by atoms with Crippen molar-refractivity contribution in [3.63, 3.8) is 0 Å². The number of rotatable bonds is 10. The molecule has 1 atom stereocenters. The molecule has 0 spiro atoms. The highest BCUT2D eigenvalue weighted by molar-refractivity contribution is 7.90. The molecule has 41 heavy (non-hydrogen) atoms. The number of sulfone groups is 1. The molecule has 5 rings (SSSR count). The van der Waals surface area contributed by atoms with Gasteiger partial charge < -0.3 is 15.8 Å². The van der Waals surface area contributed by atoms with Crippen LogP contribution in [-0.2, 0) is 14.6 Å². The number of amides is 2. The van der Waals surface area contributed by atoms with E-state index in [9.17, 15) is 23.2 Å². The Morgan fingerprint density at radius 3 is 2.34 bits per heavy atom. The predicted molar refractivity (Wildman–Crippen MR) is 148 cm³/mol. The Morgan fingerprint density at radius 2 is 1.78 bits per heavy atom. The SMILES string of the molecule is Cc1c(-c2ccc(NC(=O)[C@@H](NC(=O)c3ccnn3C(C)C)C(C3CC3)C3CC3)nc2F)cc(S(C)(=O)=O)c[n+]1[O-]. The first kappa shape index (κ1) is 28.7. The van der Waals surface area contributed by atoms with Gasteiger partial charge in [-0.2, -0.15) is 14.2 Å². The van der Waals surface area contributed by atoms with E-state index in [2.05, 4.69) is 20.7 Å². The molecule has 3 heterocycles. The molecule has 2 N–H and O–H groups in total. The summed E-state index contributed by atoms with van der Waals surface area (Å²) < 4.78 is 41.3. The first-order valence-electron chi connectivity index (χ1n) is 13.6. The molecular weight excluding hydrogens is 551 g/mol. The minimum atomic E-state index is -3.73. The number of pyridine rings is 2. The molecule has 2 fully saturated rings. The third kappa shape index (κ3) is 6.09. The molecular formula is C28H33FN6O5S. The lowest BCUT2D eigenvalue weighted by Crippen LogP contribution is -2.50. The summed E-state index contributed by atoms with van der Waals surface area (Å²) in [5, 5.41) is 22.1. The molecule has 2 saturated carbocycles. The van der Waals surface area contributed by atoms with Gasteiger partial charge in [0.1, 0.15) is 22.4 Å². The molecule has 3 aromatic rings. The number of nitrogens with one attached hydrogen (secondary N) is 2. The molecule has 0 radical (unpaired) electrons. The third-order valence-corrected chi connectivity index (χ3v) is 8.83.